The van der Waals surface area contributed by atoms with Gasteiger partial charge < -0.3 is 10.2 Å². The number of hydrogen-bond acceptors (Lipinski definition) is 5. The number of nitrogens with one attached hydrogen (secondary N) is 1. The molecule has 1 aliphatic rings. The third-order valence-corrected chi connectivity index (χ3v) is 7.05. The van der Waals surface area contributed by atoms with Crippen LogP contribution >= 0.6 is 11.8 Å². The van der Waals surface area contributed by atoms with Crippen molar-refractivity contribution in [3.05, 3.63) is 101 Å². The first-order valence-electron chi connectivity index (χ1n) is 11.9. The molecule has 0 fully saturated rings. The van der Waals surface area contributed by atoms with Gasteiger partial charge >= 0.3 is 6.18 Å². The Kier molecular flexibility index (Phi) is 7.38. The van der Waals surface area contributed by atoms with E-state index in [-0.39, 0.29) is 40.4 Å². The van der Waals surface area contributed by atoms with E-state index in [1.165, 1.54) is 34.9 Å². The molecule has 0 unspecified atom stereocenters. The molecule has 0 radical (unpaired) electrons. The maximum absolute atomic E-state index is 13.5. The molecule has 0 saturated heterocycles. The van der Waals surface area contributed by atoms with Gasteiger partial charge in [0.2, 0.25) is 5.91 Å². The summed E-state index contributed by atoms with van der Waals surface area (Å²) in [5.41, 5.74) is 1.23. The van der Waals surface area contributed by atoms with E-state index in [9.17, 15) is 27.2 Å². The fourth-order valence-electron chi connectivity index (χ4n) is 4.28. The van der Waals surface area contributed by atoms with Crippen LogP contribution in [-0.4, -0.2) is 38.9 Å². The van der Waals surface area contributed by atoms with Crippen LogP contribution in [0.2, 0.25) is 0 Å². The van der Waals surface area contributed by atoms with Gasteiger partial charge in [0, 0.05) is 17.8 Å². The van der Waals surface area contributed by atoms with Crippen molar-refractivity contribution in [1.82, 2.24) is 20.1 Å². The SMILES string of the molecule is O=C(NCc1nnc(SCC(=O)N2CCc3ccccc32)n1-c1cccc(C(F)(F)F)c1)c1cccc(F)c1. The molecule has 7 nitrogen and oxygen atoms in total. The smallest absolute Gasteiger partial charge is 0.345 e. The number of carbonyl (C=O) groups excluding carboxylic acids is 2. The molecule has 2 heterocycles. The van der Waals surface area contributed by atoms with E-state index in [0.717, 1.165) is 47.6 Å². The van der Waals surface area contributed by atoms with E-state index < -0.39 is 23.5 Å². The van der Waals surface area contributed by atoms with Gasteiger partial charge in [-0.15, -0.1) is 10.2 Å². The summed E-state index contributed by atoms with van der Waals surface area (Å²) in [5.74, 6) is -1.24. The lowest BCUT2D eigenvalue weighted by atomic mass is 10.2. The van der Waals surface area contributed by atoms with Gasteiger partial charge in [0.25, 0.3) is 5.91 Å². The molecule has 0 spiro atoms. The number of para-hydroxylation sites is 1. The molecule has 2 amide bonds. The van der Waals surface area contributed by atoms with Gasteiger partial charge in [-0.1, -0.05) is 42.1 Å². The molecule has 200 valence electrons. The van der Waals surface area contributed by atoms with Crippen molar-refractivity contribution in [3.8, 4) is 5.69 Å². The van der Waals surface area contributed by atoms with Crippen molar-refractivity contribution in [2.75, 3.05) is 17.2 Å². The maximum atomic E-state index is 13.5. The van der Waals surface area contributed by atoms with Crippen molar-refractivity contribution >= 4 is 29.3 Å². The van der Waals surface area contributed by atoms with Gasteiger partial charge in [-0.25, -0.2) is 4.39 Å². The highest BCUT2D eigenvalue weighted by atomic mass is 32.2. The highest BCUT2D eigenvalue weighted by Crippen LogP contribution is 2.32. The Morgan fingerprint density at radius 2 is 1.77 bits per heavy atom. The maximum Gasteiger partial charge on any atom is 0.416 e. The lowest BCUT2D eigenvalue weighted by Gasteiger charge is -2.17. The minimum Gasteiger partial charge on any atom is -0.345 e. The summed E-state index contributed by atoms with van der Waals surface area (Å²) in [7, 11) is 0. The zero-order valence-electron chi connectivity index (χ0n) is 20.3. The first-order chi connectivity index (χ1) is 18.7. The Hall–Kier alpha value is -4.19. The van der Waals surface area contributed by atoms with Crippen molar-refractivity contribution in [2.24, 2.45) is 0 Å². The third kappa shape index (κ3) is 5.80. The molecule has 0 aliphatic carbocycles. The van der Waals surface area contributed by atoms with Crippen LogP contribution in [-0.2, 0) is 23.9 Å². The van der Waals surface area contributed by atoms with Gasteiger partial charge in [0.15, 0.2) is 11.0 Å². The summed E-state index contributed by atoms with van der Waals surface area (Å²) in [6, 6.07) is 17.3. The van der Waals surface area contributed by atoms with Crippen molar-refractivity contribution in [2.45, 2.75) is 24.3 Å². The molecular weight excluding hydrogens is 534 g/mol. The topological polar surface area (TPSA) is 80.1 Å². The van der Waals surface area contributed by atoms with E-state index in [0.29, 0.717) is 6.54 Å². The van der Waals surface area contributed by atoms with E-state index >= 15 is 0 Å². The molecule has 4 aromatic rings. The number of benzene rings is 3. The molecular formula is C27H21F4N5O2S. The minimum absolute atomic E-state index is 0.0267. The van der Waals surface area contributed by atoms with Crippen LogP contribution < -0.4 is 10.2 Å². The number of amides is 2. The van der Waals surface area contributed by atoms with Crippen molar-refractivity contribution in [1.29, 1.82) is 0 Å². The third-order valence-electron chi connectivity index (χ3n) is 6.14. The van der Waals surface area contributed by atoms with Crippen molar-refractivity contribution in [3.63, 3.8) is 0 Å². The van der Waals surface area contributed by atoms with Gasteiger partial charge in [-0.3, -0.25) is 14.2 Å². The van der Waals surface area contributed by atoms with Gasteiger partial charge in [0.05, 0.1) is 23.5 Å². The average molecular weight is 556 g/mol. The summed E-state index contributed by atoms with van der Waals surface area (Å²) in [6.07, 6.45) is -3.84. The molecule has 0 saturated carbocycles. The number of carbonyl (C=O) groups is 2. The number of rotatable bonds is 7. The number of hydrogen-bond donors (Lipinski definition) is 1. The molecule has 3 aromatic carbocycles. The Bertz CT molecular complexity index is 1540. The lowest BCUT2D eigenvalue weighted by Crippen LogP contribution is -2.30. The number of anilines is 1. The number of thioether (sulfide) groups is 1. The Balaban J connectivity index is 1.40. The molecule has 5 rings (SSSR count). The highest BCUT2D eigenvalue weighted by molar-refractivity contribution is 7.99. The summed E-state index contributed by atoms with van der Waals surface area (Å²) in [6.45, 7) is 0.336. The zero-order chi connectivity index (χ0) is 27.6. The fraction of sp³-hybridized carbons (Fsp3) is 0.185. The summed E-state index contributed by atoms with van der Waals surface area (Å²) in [4.78, 5) is 27.2. The number of aromatic nitrogens is 3. The quantitative estimate of drug-likeness (QED) is 0.256. The Morgan fingerprint density at radius 3 is 2.56 bits per heavy atom. The summed E-state index contributed by atoms with van der Waals surface area (Å²) >= 11 is 1.03. The Labute approximate surface area is 224 Å². The minimum atomic E-state index is -4.58. The van der Waals surface area contributed by atoms with E-state index in [1.54, 1.807) is 4.90 Å². The standard InChI is InChI=1S/C27H21F4N5O2S/c28-20-8-3-6-18(13-20)25(38)32-15-23-33-34-26(36(23)21-9-4-7-19(14-21)27(29,30)31)39-16-24(37)35-12-11-17-5-1-2-10-22(17)35/h1-10,13-14H,11-12,15-16H2,(H,32,38). The number of alkyl halides is 3. The Morgan fingerprint density at radius 1 is 0.974 bits per heavy atom. The second-order valence-electron chi connectivity index (χ2n) is 8.69. The van der Waals surface area contributed by atoms with Gasteiger partial charge in [-0.2, -0.15) is 13.2 Å². The molecule has 0 atom stereocenters. The van der Waals surface area contributed by atoms with Crippen LogP contribution in [0.3, 0.4) is 0 Å². The van der Waals surface area contributed by atoms with Gasteiger partial charge in [-0.05, 0) is 54.4 Å². The first-order valence-corrected chi connectivity index (χ1v) is 12.9. The second kappa shape index (κ2) is 10.9. The number of halogens is 4. The summed E-state index contributed by atoms with van der Waals surface area (Å²) < 4.78 is 55.2. The van der Waals surface area contributed by atoms with Crippen LogP contribution in [0.25, 0.3) is 5.69 Å². The van der Waals surface area contributed by atoms with Crippen LogP contribution in [0.4, 0.5) is 23.2 Å². The molecule has 0 bridgehead atoms. The highest BCUT2D eigenvalue weighted by Gasteiger charge is 2.31. The fourth-order valence-corrected chi connectivity index (χ4v) is 5.13. The average Bonchev–Trinajstić information content (AvgIpc) is 3.54. The predicted octanol–water partition coefficient (Wildman–Crippen LogP) is 5.04. The van der Waals surface area contributed by atoms with Crippen molar-refractivity contribution < 1.29 is 27.2 Å². The normalized spacial score (nSPS) is 12.9. The van der Waals surface area contributed by atoms with Crippen LogP contribution in [0, 0.1) is 5.82 Å². The second-order valence-corrected chi connectivity index (χ2v) is 9.63. The van der Waals surface area contributed by atoms with Crippen LogP contribution in [0.5, 0.6) is 0 Å². The zero-order valence-corrected chi connectivity index (χ0v) is 21.1. The number of nitrogens with zero attached hydrogens (tertiary/aromatic N) is 4. The summed E-state index contributed by atoms with van der Waals surface area (Å²) in [5, 5.41) is 11.0. The molecule has 1 N–H and O–H groups in total. The molecule has 12 heteroatoms. The predicted molar refractivity (Wildman–Crippen MR) is 137 cm³/mol. The van der Waals surface area contributed by atoms with Crippen LogP contribution in [0.15, 0.2) is 78.0 Å². The van der Waals surface area contributed by atoms with E-state index in [1.807, 2.05) is 24.3 Å². The van der Waals surface area contributed by atoms with Gasteiger partial charge in [0.1, 0.15) is 5.82 Å². The lowest BCUT2D eigenvalue weighted by molar-refractivity contribution is -0.137. The van der Waals surface area contributed by atoms with E-state index in [4.69, 9.17) is 0 Å². The molecule has 1 aromatic heterocycles. The number of fused-ring (bicyclic) bond motifs is 1. The molecule has 39 heavy (non-hydrogen) atoms. The first kappa shape index (κ1) is 26.4. The molecule has 1 aliphatic heterocycles. The van der Waals surface area contributed by atoms with Crippen LogP contribution in [0.1, 0.15) is 27.3 Å². The van der Waals surface area contributed by atoms with E-state index in [2.05, 4.69) is 15.5 Å². The monoisotopic (exact) mass is 555 g/mol. The largest absolute Gasteiger partial charge is 0.416 e.